The molecule has 0 radical (unpaired) electrons. The van der Waals surface area contributed by atoms with Crippen molar-refractivity contribution in [3.63, 3.8) is 0 Å². The molecule has 4 N–H and O–H groups in total. The van der Waals surface area contributed by atoms with Crippen molar-refractivity contribution in [1.82, 2.24) is 24.1 Å². The second-order valence-corrected chi connectivity index (χ2v) is 15.3. The van der Waals surface area contributed by atoms with Crippen LogP contribution in [0.1, 0.15) is 68.6 Å². The minimum absolute atomic E-state index is 0.127. The van der Waals surface area contributed by atoms with E-state index in [0.29, 0.717) is 17.7 Å². The fraction of sp³-hybridized carbons (Fsp3) is 0.214. The van der Waals surface area contributed by atoms with Gasteiger partial charge in [0.05, 0.1) is 16.7 Å². The van der Waals surface area contributed by atoms with Crippen LogP contribution in [0.4, 0.5) is 23.0 Å². The first-order valence-electron chi connectivity index (χ1n) is 17.9. The fourth-order valence-corrected chi connectivity index (χ4v) is 8.50. The average Bonchev–Trinajstić information content (AvgIpc) is 4.08. The quantitative estimate of drug-likeness (QED) is 0.101. The molecule has 0 saturated heterocycles. The molecule has 1 unspecified atom stereocenters. The van der Waals surface area contributed by atoms with Gasteiger partial charge in [0.1, 0.15) is 22.8 Å². The highest BCUT2D eigenvalue weighted by atomic mass is 79.9. The fourth-order valence-electron chi connectivity index (χ4n) is 7.76. The number of carbonyl (C=O) groups is 2. The molecule has 2 aliphatic rings. The molecule has 0 bridgehead atoms. The molecule has 7 aromatic rings. The van der Waals surface area contributed by atoms with Crippen molar-refractivity contribution in [3.8, 4) is 11.3 Å². The number of rotatable bonds is 11. The van der Waals surface area contributed by atoms with Crippen LogP contribution in [0.5, 0.6) is 0 Å². The summed E-state index contributed by atoms with van der Waals surface area (Å²) in [4.78, 5) is 38.3. The standard InChI is InChI=1S/C42H36BrN7O4/c1-49-10-8-23-11-28(18-32(37(23)49)36-5-3-4-9-44-36)47-40-34(42(53)54)17-27(21-46-40)31-15-24(31)13-30-14-25-12-29(19-35(43)38(25)50(30)2)48-39-33(41(51)52)16-26(20-45-39)22-6-7-22/h3-5,8-12,14,16-22,24,31H,6-7,13,15H2,1-2H3,(H,45,48)(H,46,47)(H,51,52)(H,53,54)/t24-,31?/m1/s1. The van der Waals surface area contributed by atoms with Crippen LogP contribution in [-0.4, -0.2) is 46.2 Å². The van der Waals surface area contributed by atoms with Crippen molar-refractivity contribution in [3.05, 3.63) is 124 Å². The molecule has 2 aliphatic carbocycles. The predicted molar refractivity (Wildman–Crippen MR) is 212 cm³/mol. The number of hydrogen-bond acceptors (Lipinski definition) is 7. The Kier molecular flexibility index (Phi) is 8.22. The van der Waals surface area contributed by atoms with Crippen molar-refractivity contribution in [1.29, 1.82) is 0 Å². The van der Waals surface area contributed by atoms with Gasteiger partial charge in [-0.05, 0) is 131 Å². The number of aromatic nitrogens is 5. The SMILES string of the molecule is Cn1ccc2cc(Nc3ncc(C4C[C@H]4Cc4cc5cc(Nc6ncc(C7CC7)cc6C(=O)O)cc(Br)c5n4C)cc3C(=O)O)cc(-c3ccccn3)c21. The van der Waals surface area contributed by atoms with Crippen molar-refractivity contribution < 1.29 is 19.8 Å². The van der Waals surface area contributed by atoms with E-state index in [0.717, 1.165) is 91.4 Å². The minimum atomic E-state index is -1.04. The largest absolute Gasteiger partial charge is 0.478 e. The number of carboxylic acids is 2. The van der Waals surface area contributed by atoms with Crippen molar-refractivity contribution in [2.24, 2.45) is 20.0 Å². The van der Waals surface area contributed by atoms with Crippen LogP contribution in [0.15, 0.2) is 96.0 Å². The number of anilines is 4. The lowest BCUT2D eigenvalue weighted by atomic mass is 10.0. The number of benzene rings is 2. The van der Waals surface area contributed by atoms with Gasteiger partial charge in [-0.25, -0.2) is 19.6 Å². The summed E-state index contributed by atoms with van der Waals surface area (Å²) in [6.45, 7) is 0. The third kappa shape index (κ3) is 6.26. The number of aromatic carboxylic acids is 2. The van der Waals surface area contributed by atoms with Gasteiger partial charge in [0.25, 0.3) is 0 Å². The van der Waals surface area contributed by atoms with Crippen LogP contribution in [0.3, 0.4) is 0 Å². The lowest BCUT2D eigenvalue weighted by Gasteiger charge is -2.13. The Hall–Kier alpha value is -6.01. The number of halogens is 1. The highest BCUT2D eigenvalue weighted by Crippen LogP contribution is 2.50. The van der Waals surface area contributed by atoms with E-state index in [1.54, 1.807) is 30.7 Å². The van der Waals surface area contributed by atoms with Gasteiger partial charge in [-0.2, -0.15) is 0 Å². The first-order chi connectivity index (χ1) is 26.1. The summed E-state index contributed by atoms with van der Waals surface area (Å²) in [5, 5.41) is 28.7. The first-order valence-corrected chi connectivity index (χ1v) is 18.7. The molecule has 5 aromatic heterocycles. The summed E-state index contributed by atoms with van der Waals surface area (Å²) in [6, 6.07) is 21.4. The van der Waals surface area contributed by atoms with E-state index in [1.807, 2.05) is 68.8 Å². The zero-order valence-electron chi connectivity index (χ0n) is 29.5. The lowest BCUT2D eigenvalue weighted by molar-refractivity contribution is 0.0686. The first kappa shape index (κ1) is 33.8. The van der Waals surface area contributed by atoms with Crippen molar-refractivity contribution in [2.45, 2.75) is 37.5 Å². The Balaban J connectivity index is 0.940. The number of carboxylic acid groups (broad SMARTS) is 2. The Morgan fingerprint density at radius 2 is 1.50 bits per heavy atom. The van der Waals surface area contributed by atoms with Gasteiger partial charge in [-0.15, -0.1) is 0 Å². The van der Waals surface area contributed by atoms with E-state index in [1.165, 1.54) is 0 Å². The molecule has 0 amide bonds. The van der Waals surface area contributed by atoms with Crippen LogP contribution in [0.2, 0.25) is 0 Å². The third-order valence-electron chi connectivity index (χ3n) is 10.8. The van der Waals surface area contributed by atoms with Gasteiger partial charge >= 0.3 is 11.9 Å². The Labute approximate surface area is 318 Å². The number of aryl methyl sites for hydroxylation is 2. The number of fused-ring (bicyclic) bond motifs is 2. The van der Waals surface area contributed by atoms with E-state index < -0.39 is 11.9 Å². The van der Waals surface area contributed by atoms with Gasteiger partial charge in [-0.1, -0.05) is 6.07 Å². The zero-order valence-corrected chi connectivity index (χ0v) is 31.1. The molecular weight excluding hydrogens is 746 g/mol. The average molecular weight is 783 g/mol. The molecule has 9 rings (SSSR count). The zero-order chi connectivity index (χ0) is 37.2. The van der Waals surface area contributed by atoms with Crippen LogP contribution in [0, 0.1) is 5.92 Å². The molecule has 5 heterocycles. The van der Waals surface area contributed by atoms with Gasteiger partial charge in [0.2, 0.25) is 0 Å². The monoisotopic (exact) mass is 781 g/mol. The maximum Gasteiger partial charge on any atom is 0.339 e. The summed E-state index contributed by atoms with van der Waals surface area (Å²) in [6.07, 6.45) is 11.2. The highest BCUT2D eigenvalue weighted by Gasteiger charge is 2.39. The minimum Gasteiger partial charge on any atom is -0.478 e. The molecule has 11 nitrogen and oxygen atoms in total. The molecule has 12 heteroatoms. The molecule has 2 saturated carbocycles. The van der Waals surface area contributed by atoms with E-state index in [-0.39, 0.29) is 22.9 Å². The summed E-state index contributed by atoms with van der Waals surface area (Å²) in [5.41, 5.74) is 8.63. The number of nitrogens with zero attached hydrogens (tertiary/aromatic N) is 5. The molecule has 0 aliphatic heterocycles. The van der Waals surface area contributed by atoms with E-state index in [9.17, 15) is 19.8 Å². The number of hydrogen-bond donors (Lipinski definition) is 4. The number of nitrogens with one attached hydrogen (secondary N) is 2. The maximum absolute atomic E-state index is 12.6. The van der Waals surface area contributed by atoms with Gasteiger partial charge in [0.15, 0.2) is 0 Å². The summed E-state index contributed by atoms with van der Waals surface area (Å²) in [5.74, 6) is -0.508. The van der Waals surface area contributed by atoms with Crippen molar-refractivity contribution >= 4 is 72.7 Å². The Bertz CT molecular complexity index is 2650. The number of pyridine rings is 3. The topological polar surface area (TPSA) is 147 Å². The van der Waals surface area contributed by atoms with Gasteiger partial charge in [-0.3, -0.25) is 4.98 Å². The van der Waals surface area contributed by atoms with E-state index in [4.69, 9.17) is 0 Å². The third-order valence-corrected chi connectivity index (χ3v) is 11.4. The second kappa shape index (κ2) is 13.1. The summed E-state index contributed by atoms with van der Waals surface area (Å²) < 4.78 is 5.12. The summed E-state index contributed by atoms with van der Waals surface area (Å²) >= 11 is 3.75. The molecular formula is C42H36BrN7O4. The van der Waals surface area contributed by atoms with Crippen LogP contribution < -0.4 is 10.6 Å². The van der Waals surface area contributed by atoms with Crippen molar-refractivity contribution in [2.75, 3.05) is 10.6 Å². The summed E-state index contributed by atoms with van der Waals surface area (Å²) in [7, 11) is 4.04. The molecule has 2 atom stereocenters. The Morgan fingerprint density at radius 3 is 2.19 bits per heavy atom. The van der Waals surface area contributed by atoms with E-state index in [2.05, 4.69) is 56.7 Å². The predicted octanol–water partition coefficient (Wildman–Crippen LogP) is 9.39. The van der Waals surface area contributed by atoms with Crippen LogP contribution >= 0.6 is 15.9 Å². The van der Waals surface area contributed by atoms with E-state index >= 15 is 0 Å². The molecule has 2 fully saturated rings. The molecule has 2 aromatic carbocycles. The molecule has 270 valence electrons. The Morgan fingerprint density at radius 1 is 0.815 bits per heavy atom. The smallest absolute Gasteiger partial charge is 0.339 e. The lowest BCUT2D eigenvalue weighted by Crippen LogP contribution is -2.07. The van der Waals surface area contributed by atoms with Gasteiger partial charge < -0.3 is 30.0 Å². The second-order valence-electron chi connectivity index (χ2n) is 14.5. The van der Waals surface area contributed by atoms with Crippen LogP contribution in [-0.2, 0) is 20.5 Å². The normalized spacial score (nSPS) is 16.5. The maximum atomic E-state index is 12.6. The van der Waals surface area contributed by atoms with Crippen LogP contribution in [0.25, 0.3) is 33.1 Å². The molecule has 0 spiro atoms. The van der Waals surface area contributed by atoms with Gasteiger partial charge in [0, 0.05) is 76.8 Å². The highest BCUT2D eigenvalue weighted by molar-refractivity contribution is 9.10. The molecule has 54 heavy (non-hydrogen) atoms.